The second-order valence-electron chi connectivity index (χ2n) is 4.17. The summed E-state index contributed by atoms with van der Waals surface area (Å²) in [4.78, 5) is 8.36. The Hall–Kier alpha value is -1.47. The van der Waals surface area contributed by atoms with Crippen molar-refractivity contribution >= 4 is 43.2 Å². The second-order valence-corrected chi connectivity index (χ2v) is 5.89. The highest BCUT2D eigenvalue weighted by atomic mass is 79.9. The van der Waals surface area contributed by atoms with E-state index < -0.39 is 0 Å². The number of nitrogens with one attached hydrogen (secondary N) is 1. The molecule has 0 unspecified atom stereocenters. The van der Waals surface area contributed by atoms with Crippen LogP contribution in [0.4, 0.5) is 10.1 Å². The molecule has 3 aromatic rings. The molecule has 2 aromatic heterocycles. The van der Waals surface area contributed by atoms with Crippen LogP contribution >= 0.6 is 31.9 Å². The van der Waals surface area contributed by atoms with Crippen molar-refractivity contribution in [2.24, 2.45) is 0 Å². The van der Waals surface area contributed by atoms with Gasteiger partial charge < -0.3 is 5.32 Å². The fourth-order valence-corrected chi connectivity index (χ4v) is 2.51. The van der Waals surface area contributed by atoms with Crippen molar-refractivity contribution in [1.82, 2.24) is 14.4 Å². The molecule has 0 atom stereocenters. The van der Waals surface area contributed by atoms with Crippen LogP contribution in [0.15, 0.2) is 45.9 Å². The number of halogens is 3. The highest BCUT2D eigenvalue weighted by Crippen LogP contribution is 2.20. The van der Waals surface area contributed by atoms with E-state index in [2.05, 4.69) is 47.1 Å². The average Bonchev–Trinajstić information content (AvgIpc) is 2.80. The Labute approximate surface area is 131 Å². The third-order valence-corrected chi connectivity index (χ3v) is 3.73. The van der Waals surface area contributed by atoms with Gasteiger partial charge in [0.2, 0.25) is 0 Å². The van der Waals surface area contributed by atoms with E-state index in [4.69, 9.17) is 0 Å². The Bertz CT molecular complexity index is 772. The smallest absolute Gasteiger partial charge is 0.155 e. The molecule has 0 spiro atoms. The van der Waals surface area contributed by atoms with Crippen molar-refractivity contribution in [2.75, 3.05) is 5.32 Å². The van der Waals surface area contributed by atoms with E-state index in [1.165, 1.54) is 6.07 Å². The molecule has 0 aliphatic carbocycles. The van der Waals surface area contributed by atoms with Crippen LogP contribution in [0, 0.1) is 5.82 Å². The highest BCUT2D eigenvalue weighted by Gasteiger charge is 2.06. The van der Waals surface area contributed by atoms with Gasteiger partial charge in [0.1, 0.15) is 10.4 Å². The number of benzene rings is 1. The minimum Gasteiger partial charge on any atom is -0.377 e. The molecule has 2 heterocycles. The van der Waals surface area contributed by atoms with E-state index in [0.29, 0.717) is 16.7 Å². The summed E-state index contributed by atoms with van der Waals surface area (Å²) in [6, 6.07) is 4.91. The van der Waals surface area contributed by atoms with E-state index in [9.17, 15) is 4.39 Å². The maximum absolute atomic E-state index is 13.7. The summed E-state index contributed by atoms with van der Waals surface area (Å²) in [6.45, 7) is 0.468. The Balaban J connectivity index is 1.85. The Morgan fingerprint density at radius 1 is 1.20 bits per heavy atom. The minimum atomic E-state index is -0.295. The van der Waals surface area contributed by atoms with E-state index in [1.54, 1.807) is 24.5 Å². The molecular formula is C13H9Br2FN4. The molecule has 0 aliphatic rings. The molecule has 0 amide bonds. The molecule has 0 fully saturated rings. The maximum Gasteiger partial charge on any atom is 0.155 e. The van der Waals surface area contributed by atoms with Crippen LogP contribution in [0.5, 0.6) is 0 Å². The first-order valence-electron chi connectivity index (χ1n) is 5.80. The average molecular weight is 400 g/mol. The molecule has 0 bridgehead atoms. The molecule has 0 saturated carbocycles. The van der Waals surface area contributed by atoms with Gasteiger partial charge in [0, 0.05) is 10.7 Å². The fourth-order valence-electron chi connectivity index (χ4n) is 1.87. The van der Waals surface area contributed by atoms with Crippen molar-refractivity contribution in [3.63, 3.8) is 0 Å². The van der Waals surface area contributed by atoms with Crippen molar-refractivity contribution in [3.8, 4) is 0 Å². The third-order valence-electron chi connectivity index (χ3n) is 2.83. The summed E-state index contributed by atoms with van der Waals surface area (Å²) in [5.41, 5.74) is 2.13. The zero-order valence-electron chi connectivity index (χ0n) is 10.1. The molecule has 4 nitrogen and oxygen atoms in total. The molecule has 1 aromatic carbocycles. The number of hydrogen-bond acceptors (Lipinski definition) is 3. The van der Waals surface area contributed by atoms with Gasteiger partial charge in [-0.1, -0.05) is 15.9 Å². The van der Waals surface area contributed by atoms with Gasteiger partial charge in [0.15, 0.2) is 5.65 Å². The highest BCUT2D eigenvalue weighted by molar-refractivity contribution is 9.10. The van der Waals surface area contributed by atoms with Crippen LogP contribution in [0.2, 0.25) is 0 Å². The first-order chi connectivity index (χ1) is 9.63. The Kier molecular flexibility index (Phi) is 3.71. The van der Waals surface area contributed by atoms with Gasteiger partial charge in [-0.3, -0.25) is 4.40 Å². The number of hydrogen-bond donors (Lipinski definition) is 1. The van der Waals surface area contributed by atoms with Crippen LogP contribution in [-0.2, 0) is 6.54 Å². The second kappa shape index (κ2) is 5.49. The van der Waals surface area contributed by atoms with Crippen LogP contribution in [0.3, 0.4) is 0 Å². The lowest BCUT2D eigenvalue weighted by molar-refractivity contribution is 0.629. The Morgan fingerprint density at radius 3 is 2.85 bits per heavy atom. The summed E-state index contributed by atoms with van der Waals surface area (Å²) in [6.07, 6.45) is 5.25. The minimum absolute atomic E-state index is 0.295. The van der Waals surface area contributed by atoms with Gasteiger partial charge in [-0.05, 0) is 34.1 Å². The molecule has 102 valence electrons. The number of rotatable bonds is 3. The summed E-state index contributed by atoms with van der Waals surface area (Å²) >= 11 is 6.55. The molecule has 3 rings (SSSR count). The monoisotopic (exact) mass is 398 g/mol. The fraction of sp³-hybridized carbons (Fsp3) is 0.0769. The lowest BCUT2D eigenvalue weighted by Gasteiger charge is -2.08. The number of imidazole rings is 1. The van der Waals surface area contributed by atoms with E-state index in [0.717, 1.165) is 15.9 Å². The maximum atomic E-state index is 13.7. The zero-order chi connectivity index (χ0) is 14.1. The van der Waals surface area contributed by atoms with Crippen LogP contribution < -0.4 is 5.32 Å². The molecule has 1 N–H and O–H groups in total. The predicted molar refractivity (Wildman–Crippen MR) is 82.1 cm³/mol. The molecule has 20 heavy (non-hydrogen) atoms. The van der Waals surface area contributed by atoms with Gasteiger partial charge in [0.05, 0.1) is 30.3 Å². The lowest BCUT2D eigenvalue weighted by atomic mass is 10.3. The van der Waals surface area contributed by atoms with Gasteiger partial charge in [0.25, 0.3) is 0 Å². The first-order valence-corrected chi connectivity index (χ1v) is 7.38. The topological polar surface area (TPSA) is 42.2 Å². The molecule has 7 heteroatoms. The largest absolute Gasteiger partial charge is 0.377 e. The van der Waals surface area contributed by atoms with E-state index in [1.807, 2.05) is 10.6 Å². The van der Waals surface area contributed by atoms with Crippen LogP contribution in [0.1, 0.15) is 5.69 Å². The van der Waals surface area contributed by atoms with Crippen molar-refractivity contribution < 1.29 is 4.39 Å². The predicted octanol–water partition coefficient (Wildman–Crippen LogP) is 4.01. The summed E-state index contributed by atoms with van der Waals surface area (Å²) in [7, 11) is 0. The zero-order valence-corrected chi connectivity index (χ0v) is 13.3. The molecular weight excluding hydrogens is 391 g/mol. The van der Waals surface area contributed by atoms with Gasteiger partial charge >= 0.3 is 0 Å². The molecule has 0 saturated heterocycles. The summed E-state index contributed by atoms with van der Waals surface area (Å²) in [5.74, 6) is -0.295. The SMILES string of the molecule is Fc1cc(Br)ccc1NCc1cnc2cnc(Br)cn12. The van der Waals surface area contributed by atoms with Gasteiger partial charge in [-0.25, -0.2) is 14.4 Å². The number of fused-ring (bicyclic) bond motifs is 1. The van der Waals surface area contributed by atoms with Crippen LogP contribution in [-0.4, -0.2) is 14.4 Å². The first kappa shape index (κ1) is 13.5. The van der Waals surface area contributed by atoms with E-state index >= 15 is 0 Å². The van der Waals surface area contributed by atoms with Crippen molar-refractivity contribution in [2.45, 2.75) is 6.54 Å². The standard InChI is InChI=1S/C13H9Br2FN4/c14-8-1-2-11(10(16)3-8)17-4-9-5-19-13-6-18-12(15)7-20(9)13/h1-3,5-7,17H,4H2. The molecule has 0 aliphatic heterocycles. The number of nitrogens with zero attached hydrogens (tertiary/aromatic N) is 3. The number of aromatic nitrogens is 3. The number of anilines is 1. The van der Waals surface area contributed by atoms with Gasteiger partial charge in [-0.15, -0.1) is 0 Å². The normalized spacial score (nSPS) is 10.9. The lowest BCUT2D eigenvalue weighted by Crippen LogP contribution is -2.04. The quantitative estimate of drug-likeness (QED) is 0.723. The van der Waals surface area contributed by atoms with Crippen molar-refractivity contribution in [3.05, 3.63) is 57.4 Å². The molecule has 0 radical (unpaired) electrons. The summed E-state index contributed by atoms with van der Waals surface area (Å²) < 4.78 is 17.1. The van der Waals surface area contributed by atoms with E-state index in [-0.39, 0.29) is 5.82 Å². The third kappa shape index (κ3) is 2.69. The summed E-state index contributed by atoms with van der Waals surface area (Å²) in [5, 5.41) is 3.06. The Morgan fingerprint density at radius 2 is 2.05 bits per heavy atom. The van der Waals surface area contributed by atoms with Gasteiger partial charge in [-0.2, -0.15) is 0 Å². The van der Waals surface area contributed by atoms with Crippen molar-refractivity contribution in [1.29, 1.82) is 0 Å². The van der Waals surface area contributed by atoms with Crippen LogP contribution in [0.25, 0.3) is 5.65 Å².